The molecule has 9 rings (SSSR count). The quantitative estimate of drug-likeness (QED) is 0.0789. The van der Waals surface area contributed by atoms with Crippen LogP contribution in [0.1, 0.15) is 45.1 Å². The van der Waals surface area contributed by atoms with Crippen LogP contribution in [-0.2, 0) is 81.6 Å². The Morgan fingerprint density at radius 2 is 1.12 bits per heavy atom. The van der Waals surface area contributed by atoms with E-state index in [1.807, 2.05) is 60.7 Å². The number of fused-ring (bicyclic) bond motifs is 1. The van der Waals surface area contributed by atoms with E-state index in [-0.39, 0.29) is 76.2 Å². The van der Waals surface area contributed by atoms with Crippen molar-refractivity contribution in [2.24, 2.45) is 0 Å². The molecule has 4 aromatic rings. The summed E-state index contributed by atoms with van der Waals surface area (Å²) in [5, 5.41) is 10.0. The normalized spacial score (nSPS) is 16.5. The van der Waals surface area contributed by atoms with Crippen LogP contribution in [-0.4, -0.2) is 114 Å². The van der Waals surface area contributed by atoms with Gasteiger partial charge in [0.25, 0.3) is 0 Å². The number of hydrogen-bond donors (Lipinski definition) is 2. The number of aryl methyl sites for hydroxylation is 1. The second-order valence-electron chi connectivity index (χ2n) is 16.7. The van der Waals surface area contributed by atoms with E-state index in [4.69, 9.17) is 74.3 Å². The Morgan fingerprint density at radius 3 is 1.57 bits per heavy atom. The van der Waals surface area contributed by atoms with Crippen molar-refractivity contribution in [3.05, 3.63) is 134 Å². The number of nitrogens with one attached hydrogen (secondary N) is 2. The van der Waals surface area contributed by atoms with E-state index in [0.717, 1.165) is 112 Å². The Hall–Kier alpha value is 1.89. The van der Waals surface area contributed by atoms with Gasteiger partial charge in [0.1, 0.15) is 12.5 Å². The van der Waals surface area contributed by atoms with Crippen LogP contribution in [0.25, 0.3) is 0 Å². The summed E-state index contributed by atoms with van der Waals surface area (Å²) in [6.45, 7) is 25.7. The second-order valence-corrected chi connectivity index (χ2v) is 54.4. The van der Waals surface area contributed by atoms with Crippen LogP contribution in [0.15, 0.2) is 84.9 Å². The first-order valence-electron chi connectivity index (χ1n) is 23.6. The van der Waals surface area contributed by atoms with Gasteiger partial charge in [0.15, 0.2) is 0 Å². The third kappa shape index (κ3) is 23.5. The van der Waals surface area contributed by atoms with Crippen LogP contribution in [0.3, 0.4) is 0 Å². The molecule has 3 fully saturated rings. The number of ether oxygens (including phenoxy) is 1. The molecule has 5 aliphatic heterocycles. The number of halogens is 9. The van der Waals surface area contributed by atoms with E-state index in [2.05, 4.69) is 129 Å². The number of hydrogen-bond acceptors (Lipinski definition) is 7. The number of rotatable bonds is 8. The fourth-order valence-corrected chi connectivity index (χ4v) is 9.50. The zero-order chi connectivity index (χ0) is 51.1. The number of benzene rings is 4. The minimum absolute atomic E-state index is 0. The summed E-state index contributed by atoms with van der Waals surface area (Å²) in [5.74, 6) is 0.840. The van der Waals surface area contributed by atoms with Crippen LogP contribution in [0.5, 0.6) is 5.75 Å². The van der Waals surface area contributed by atoms with E-state index in [1.54, 1.807) is 13.0 Å². The largest absolute Gasteiger partial charge is 0 e. The summed E-state index contributed by atoms with van der Waals surface area (Å²) >= 11 is 44.3. The molecule has 0 unspecified atom stereocenters. The molecular weight excluding hydrogens is 1560 g/mol. The maximum atomic E-state index is 11.6. The van der Waals surface area contributed by atoms with Crippen molar-refractivity contribution in [1.29, 1.82) is 0 Å². The standard InChI is InChI=1S/C20H21Cl2N3O2.C14H17Cl2N2.C10H12Cl2N2.C5H11.C2H5.3HI.V.2Y/c21-16-2-1-3-18(20(16)22)25-10-8-24(9-11-25)13-27-15-6-4-14-5-7-19(26)23-17(14)12-15;15-12-4-3-5-13(14(12)16)17-6-10-18(11-7-17)8-1-2-9-18;11-8-2-1-3-9(10(8)12)14-6-4-13-5-7-14;1-3-5-4-2;1-2;;;;;;/h1-4,6,12H,5,7-11,13H2,(H,23,26);1-5H,6-11H2;1-3,13H,4-7H2;1,3-5H2,2H3;1H2,2H3;3*1H;;;/q;+1;;2*-1;;;;+3;;/p-3. The number of carbonyl (C=O) groups is 1. The Kier molecular flexibility index (Phi) is 37.5. The van der Waals surface area contributed by atoms with Crippen molar-refractivity contribution in [2.75, 3.05) is 118 Å². The number of nitrogens with zero attached hydrogens (tertiary/aromatic N) is 5. The van der Waals surface area contributed by atoms with Crippen molar-refractivity contribution in [1.82, 2.24) is 10.2 Å². The number of anilines is 4. The van der Waals surface area contributed by atoms with E-state index in [1.165, 1.54) is 43.5 Å². The predicted molar refractivity (Wildman–Crippen MR) is 326 cm³/mol. The minimum Gasteiger partial charge on any atom is 0 e. The Labute approximate surface area is 549 Å². The van der Waals surface area contributed by atoms with E-state index >= 15 is 0 Å². The number of amides is 1. The zero-order valence-corrected chi connectivity index (χ0v) is 59.3. The average molecular weight is 1630 g/mol. The third-order valence-corrected chi connectivity index (χ3v) is 14.6. The van der Waals surface area contributed by atoms with Crippen LogP contribution >= 0.6 is 130 Å². The molecule has 0 saturated carbocycles. The second kappa shape index (κ2) is 38.5. The monoisotopic (exact) mass is 1630 g/mol. The molecule has 1 spiro atoms. The fourth-order valence-electron chi connectivity index (χ4n) is 8.26. The van der Waals surface area contributed by atoms with Gasteiger partial charge in [-0.3, -0.25) is 9.69 Å². The fraction of sp³-hybridized carbons (Fsp3) is 0.431. The topological polar surface area (TPSA) is 63.3 Å². The first-order chi connectivity index (χ1) is 33.7. The van der Waals surface area contributed by atoms with Gasteiger partial charge in [-0.05, 0) is 66.6 Å². The van der Waals surface area contributed by atoms with Gasteiger partial charge in [-0.25, -0.2) is 0 Å². The van der Waals surface area contributed by atoms with Crippen LogP contribution in [0.4, 0.5) is 22.7 Å². The Balaban J connectivity index is 0.000000344. The molecule has 72 heavy (non-hydrogen) atoms. The average Bonchev–Trinajstić information content (AvgIpc) is 3.83. The molecule has 9 nitrogen and oxygen atoms in total. The summed E-state index contributed by atoms with van der Waals surface area (Å²) in [4.78, 5) is 20.4. The SMILES string of the molecule is Clc1cccc(N2CCNCC2)c1Cl.Clc1cccc(N2CC[N+]3(CC=CC3)CC2)c1Cl.O=C1CCc2ccc(OCN3CCN(c4cccc(Cl)c4Cl)CC3)cc2N1.[CH2-]C.[CH2-]CCCC.[I][V]([I])[I].[Y].[Y]. The van der Waals surface area contributed by atoms with Gasteiger partial charge < -0.3 is 48.4 Å². The van der Waals surface area contributed by atoms with Crippen molar-refractivity contribution < 1.29 is 84.4 Å². The molecule has 0 aliphatic carbocycles. The molecule has 5 heterocycles. The van der Waals surface area contributed by atoms with Gasteiger partial charge in [-0.1, -0.05) is 114 Å². The zero-order valence-electron chi connectivity index (χ0n) is 41.2. The molecule has 21 heteroatoms. The van der Waals surface area contributed by atoms with E-state index in [0.29, 0.717) is 43.3 Å². The number of unbranched alkanes of at least 4 members (excludes halogenated alkanes) is 2. The molecule has 0 atom stereocenters. The van der Waals surface area contributed by atoms with E-state index in [9.17, 15) is 4.79 Å². The molecule has 0 bridgehead atoms. The molecule has 392 valence electrons. The number of piperazine rings is 3. The molecule has 2 radical (unpaired) electrons. The molecular formula is C51H66Cl6I3N7O2VY2-. The van der Waals surface area contributed by atoms with Crippen LogP contribution < -0.4 is 30.1 Å². The first kappa shape index (κ1) is 70.0. The molecule has 0 aromatic heterocycles. The molecule has 4 aromatic carbocycles. The third-order valence-electron chi connectivity index (χ3n) is 12.1. The predicted octanol–water partition coefficient (Wildman–Crippen LogP) is 15.1. The number of carbonyl (C=O) groups excluding carboxylic acids is 1. The van der Waals surface area contributed by atoms with Gasteiger partial charge in [0.05, 0.1) is 86.5 Å². The summed E-state index contributed by atoms with van der Waals surface area (Å²) in [6.07, 6.45) is 9.60. The van der Waals surface area contributed by atoms with Gasteiger partial charge in [0, 0.05) is 136 Å². The molecule has 2 N–H and O–H groups in total. The van der Waals surface area contributed by atoms with Crippen molar-refractivity contribution in [3.8, 4) is 5.75 Å². The van der Waals surface area contributed by atoms with Crippen LogP contribution in [0, 0.1) is 13.8 Å². The maximum Gasteiger partial charge on any atom is 0 e. The van der Waals surface area contributed by atoms with Crippen molar-refractivity contribution >= 4 is 158 Å². The van der Waals surface area contributed by atoms with Gasteiger partial charge in [-0.15, -0.1) is 0 Å². The first-order valence-corrected chi connectivity index (χ1v) is 39.4. The smallest absolute Gasteiger partial charge is 0 e. The van der Waals surface area contributed by atoms with Gasteiger partial charge >= 0.3 is 64.9 Å². The maximum absolute atomic E-state index is 11.6. The van der Waals surface area contributed by atoms with Gasteiger partial charge in [0.2, 0.25) is 5.91 Å². The molecule has 3 saturated heterocycles. The van der Waals surface area contributed by atoms with Gasteiger partial charge in [-0.2, -0.15) is 13.3 Å². The Bertz CT molecular complexity index is 2230. The minimum atomic E-state index is -0.278. The summed E-state index contributed by atoms with van der Waals surface area (Å²) < 4.78 is 7.16. The Morgan fingerprint density at radius 1 is 0.667 bits per heavy atom. The number of quaternary nitrogens is 1. The molecule has 1 amide bonds. The summed E-state index contributed by atoms with van der Waals surface area (Å²) in [5.41, 5.74) is 5.13. The summed E-state index contributed by atoms with van der Waals surface area (Å²) in [6, 6.07) is 23.3. The molecule has 5 aliphatic rings. The van der Waals surface area contributed by atoms with Crippen LogP contribution in [0.2, 0.25) is 30.1 Å². The van der Waals surface area contributed by atoms with E-state index < -0.39 is 0 Å². The summed E-state index contributed by atoms with van der Waals surface area (Å²) in [7, 11) is 0. The van der Waals surface area contributed by atoms with Crippen molar-refractivity contribution in [2.45, 2.75) is 46.0 Å². The van der Waals surface area contributed by atoms with Crippen molar-refractivity contribution in [3.63, 3.8) is 0 Å².